The largest absolute Gasteiger partial charge is 0.461 e. The Hall–Kier alpha value is -2.11. The minimum Gasteiger partial charge on any atom is -0.461 e. The monoisotopic (exact) mass is 351 g/mol. The zero-order valence-electron chi connectivity index (χ0n) is 16.0. The number of amides is 1. The number of allylic oxidation sites excluding steroid dienone is 1. The summed E-state index contributed by atoms with van der Waals surface area (Å²) in [6.07, 6.45) is 6.53. The normalized spacial score (nSPS) is 20.4. The molecule has 0 fully saturated rings. The standard InChI is InChI=1S/C19H29NO5/c1-7-8-9-11-15(21)19(16(22)24-14(2)3)12-10-13-20(19)17(23)25-18(4,5)6/h9-12,14H,7-8,13H2,1-6H3/b11-9+. The highest BCUT2D eigenvalue weighted by Gasteiger charge is 2.54. The van der Waals surface area contributed by atoms with Gasteiger partial charge in [-0.3, -0.25) is 9.69 Å². The maximum absolute atomic E-state index is 12.9. The smallest absolute Gasteiger partial charge is 0.412 e. The van der Waals surface area contributed by atoms with Crippen LogP contribution in [0.25, 0.3) is 0 Å². The molecule has 0 spiro atoms. The first kappa shape index (κ1) is 20.9. The Morgan fingerprint density at radius 1 is 1.28 bits per heavy atom. The molecule has 6 heteroatoms. The molecule has 1 rings (SSSR count). The van der Waals surface area contributed by atoms with E-state index in [1.165, 1.54) is 12.2 Å². The number of hydrogen-bond donors (Lipinski definition) is 0. The molecule has 1 amide bonds. The van der Waals surface area contributed by atoms with Crippen molar-refractivity contribution >= 4 is 17.8 Å². The van der Waals surface area contributed by atoms with Gasteiger partial charge < -0.3 is 9.47 Å². The Balaban J connectivity index is 3.24. The molecule has 1 aliphatic heterocycles. The summed E-state index contributed by atoms with van der Waals surface area (Å²) in [5.41, 5.74) is -2.55. The highest BCUT2D eigenvalue weighted by molar-refractivity contribution is 6.17. The minimum absolute atomic E-state index is 0.107. The summed E-state index contributed by atoms with van der Waals surface area (Å²) in [6.45, 7) is 10.7. The maximum atomic E-state index is 12.9. The second-order valence-corrected chi connectivity index (χ2v) is 7.27. The van der Waals surface area contributed by atoms with Crippen LogP contribution in [0.1, 0.15) is 54.4 Å². The molecular formula is C19H29NO5. The van der Waals surface area contributed by atoms with Crippen molar-refractivity contribution in [2.75, 3.05) is 6.54 Å². The van der Waals surface area contributed by atoms with Gasteiger partial charge in [-0.1, -0.05) is 25.5 Å². The van der Waals surface area contributed by atoms with Gasteiger partial charge in [0.15, 0.2) is 5.78 Å². The van der Waals surface area contributed by atoms with Crippen LogP contribution in [0.3, 0.4) is 0 Å². The molecule has 0 aromatic rings. The molecule has 0 N–H and O–H groups in total. The average Bonchev–Trinajstić information content (AvgIpc) is 2.90. The second-order valence-electron chi connectivity index (χ2n) is 7.27. The quantitative estimate of drug-likeness (QED) is 0.317. The molecule has 0 bridgehead atoms. The van der Waals surface area contributed by atoms with E-state index in [1.54, 1.807) is 46.8 Å². The van der Waals surface area contributed by atoms with Gasteiger partial charge in [0.2, 0.25) is 5.54 Å². The number of esters is 1. The van der Waals surface area contributed by atoms with Gasteiger partial charge in [-0.15, -0.1) is 0 Å². The van der Waals surface area contributed by atoms with Crippen molar-refractivity contribution in [2.45, 2.75) is 71.6 Å². The summed E-state index contributed by atoms with van der Waals surface area (Å²) in [4.78, 5) is 39.3. The first-order valence-electron chi connectivity index (χ1n) is 8.65. The van der Waals surface area contributed by atoms with Gasteiger partial charge in [-0.25, -0.2) is 9.59 Å². The van der Waals surface area contributed by atoms with Crippen LogP contribution in [0.4, 0.5) is 4.79 Å². The third kappa shape index (κ3) is 5.18. The Morgan fingerprint density at radius 3 is 2.44 bits per heavy atom. The van der Waals surface area contributed by atoms with Gasteiger partial charge in [0.05, 0.1) is 6.10 Å². The van der Waals surface area contributed by atoms with Crippen molar-refractivity contribution in [3.05, 3.63) is 24.3 Å². The molecule has 0 aromatic heterocycles. The zero-order valence-corrected chi connectivity index (χ0v) is 16.0. The first-order chi connectivity index (χ1) is 11.5. The minimum atomic E-state index is -1.81. The van der Waals surface area contributed by atoms with Crippen LogP contribution < -0.4 is 0 Å². The van der Waals surface area contributed by atoms with Gasteiger partial charge >= 0.3 is 12.1 Å². The summed E-state index contributed by atoms with van der Waals surface area (Å²) >= 11 is 0. The molecule has 1 heterocycles. The van der Waals surface area contributed by atoms with E-state index in [-0.39, 0.29) is 6.54 Å². The topological polar surface area (TPSA) is 72.9 Å². The Labute approximate surface area is 149 Å². The zero-order chi connectivity index (χ0) is 19.3. The molecule has 0 aliphatic carbocycles. The van der Waals surface area contributed by atoms with Crippen LogP contribution in [-0.4, -0.2) is 46.5 Å². The number of nitrogens with zero attached hydrogens (tertiary/aromatic N) is 1. The van der Waals surface area contributed by atoms with Crippen molar-refractivity contribution < 1.29 is 23.9 Å². The van der Waals surface area contributed by atoms with Crippen LogP contribution in [0.5, 0.6) is 0 Å². The van der Waals surface area contributed by atoms with Crippen molar-refractivity contribution in [3.8, 4) is 0 Å². The predicted molar refractivity (Wildman–Crippen MR) is 95.1 cm³/mol. The lowest BCUT2D eigenvalue weighted by Gasteiger charge is -2.35. The van der Waals surface area contributed by atoms with Crippen LogP contribution >= 0.6 is 0 Å². The molecule has 0 aromatic carbocycles. The maximum Gasteiger partial charge on any atom is 0.412 e. The molecule has 25 heavy (non-hydrogen) atoms. The number of hydrogen-bond acceptors (Lipinski definition) is 5. The van der Waals surface area contributed by atoms with E-state index in [0.29, 0.717) is 6.42 Å². The van der Waals surface area contributed by atoms with Crippen LogP contribution in [0, 0.1) is 0 Å². The van der Waals surface area contributed by atoms with Crippen molar-refractivity contribution in [1.29, 1.82) is 0 Å². The van der Waals surface area contributed by atoms with Crippen molar-refractivity contribution in [3.63, 3.8) is 0 Å². The highest BCUT2D eigenvalue weighted by Crippen LogP contribution is 2.29. The van der Waals surface area contributed by atoms with Crippen LogP contribution in [-0.2, 0) is 19.1 Å². The first-order valence-corrected chi connectivity index (χ1v) is 8.65. The van der Waals surface area contributed by atoms with Crippen molar-refractivity contribution in [2.24, 2.45) is 0 Å². The summed E-state index contributed by atoms with van der Waals surface area (Å²) < 4.78 is 10.7. The molecule has 1 unspecified atom stereocenters. The molecule has 6 nitrogen and oxygen atoms in total. The van der Waals surface area contributed by atoms with E-state index < -0.39 is 35.1 Å². The Morgan fingerprint density at radius 2 is 1.92 bits per heavy atom. The fourth-order valence-corrected chi connectivity index (χ4v) is 2.38. The predicted octanol–water partition coefficient (Wildman–Crippen LogP) is 3.41. The SMILES string of the molecule is CCC/C=C/C(=O)C1(C(=O)OC(C)C)C=CCN1C(=O)OC(C)(C)C. The fourth-order valence-electron chi connectivity index (χ4n) is 2.38. The summed E-state index contributed by atoms with van der Waals surface area (Å²) in [5.74, 6) is -1.28. The van der Waals surface area contributed by atoms with E-state index >= 15 is 0 Å². The lowest BCUT2D eigenvalue weighted by atomic mass is 9.93. The van der Waals surface area contributed by atoms with Gasteiger partial charge in [-0.05, 0) is 53.2 Å². The lowest BCUT2D eigenvalue weighted by molar-refractivity contribution is -0.160. The third-order valence-corrected chi connectivity index (χ3v) is 3.44. The average molecular weight is 351 g/mol. The number of rotatable bonds is 6. The fraction of sp³-hybridized carbons (Fsp3) is 0.632. The summed E-state index contributed by atoms with van der Waals surface area (Å²) in [5, 5.41) is 0. The molecule has 1 atom stereocenters. The molecule has 1 aliphatic rings. The highest BCUT2D eigenvalue weighted by atomic mass is 16.6. The lowest BCUT2D eigenvalue weighted by Crippen LogP contribution is -2.59. The second kappa shape index (κ2) is 8.32. The van der Waals surface area contributed by atoms with Crippen LogP contribution in [0.15, 0.2) is 24.3 Å². The third-order valence-electron chi connectivity index (χ3n) is 3.44. The molecule has 0 saturated heterocycles. The van der Waals surface area contributed by atoms with Gasteiger partial charge in [0.1, 0.15) is 5.60 Å². The molecule has 0 saturated carbocycles. The number of carbonyl (C=O) groups is 3. The van der Waals surface area contributed by atoms with E-state index in [2.05, 4.69) is 0 Å². The summed E-state index contributed by atoms with van der Waals surface area (Å²) in [7, 11) is 0. The summed E-state index contributed by atoms with van der Waals surface area (Å²) in [6, 6.07) is 0. The van der Waals surface area contributed by atoms with E-state index in [1.807, 2.05) is 6.92 Å². The number of ketones is 1. The van der Waals surface area contributed by atoms with Crippen LogP contribution in [0.2, 0.25) is 0 Å². The molecular weight excluding hydrogens is 322 g/mol. The molecule has 0 radical (unpaired) electrons. The van der Waals surface area contributed by atoms with Gasteiger partial charge in [-0.2, -0.15) is 0 Å². The van der Waals surface area contributed by atoms with E-state index in [9.17, 15) is 14.4 Å². The van der Waals surface area contributed by atoms with Gasteiger partial charge in [0.25, 0.3) is 0 Å². The van der Waals surface area contributed by atoms with Gasteiger partial charge in [0, 0.05) is 6.54 Å². The van der Waals surface area contributed by atoms with E-state index in [0.717, 1.165) is 11.3 Å². The Kier molecular flexibility index (Phi) is 6.96. The molecule has 140 valence electrons. The Bertz CT molecular complexity index is 571. The number of ether oxygens (including phenoxy) is 2. The van der Waals surface area contributed by atoms with Crippen molar-refractivity contribution in [1.82, 2.24) is 4.90 Å². The number of carbonyl (C=O) groups excluding carboxylic acids is 3. The van der Waals surface area contributed by atoms with E-state index in [4.69, 9.17) is 9.47 Å². The number of unbranched alkanes of at least 4 members (excludes halogenated alkanes) is 1.